The molecule has 0 spiro atoms. The van der Waals surface area contributed by atoms with E-state index >= 15 is 0 Å². The zero-order valence-corrected chi connectivity index (χ0v) is 30.6. The molecule has 2 amide bonds. The van der Waals surface area contributed by atoms with Gasteiger partial charge in [-0.25, -0.2) is 4.79 Å². The lowest BCUT2D eigenvalue weighted by Gasteiger charge is -2.31. The number of methoxy groups -OCH3 is 1. The van der Waals surface area contributed by atoms with Crippen LogP contribution in [0, 0.1) is 0 Å². The first-order chi connectivity index (χ1) is 26.7. The van der Waals surface area contributed by atoms with Crippen LogP contribution in [0.5, 0.6) is 17.2 Å². The number of anilines is 2. The minimum Gasteiger partial charge on any atom is -0.508 e. The number of nitrogens with one attached hydrogen (secondary N) is 3. The van der Waals surface area contributed by atoms with Gasteiger partial charge >= 0.3 is 6.09 Å². The lowest BCUT2D eigenvalue weighted by atomic mass is 10.0. The third-order valence-electron chi connectivity index (χ3n) is 10.4. The summed E-state index contributed by atoms with van der Waals surface area (Å²) in [6.45, 7) is 3.27. The van der Waals surface area contributed by atoms with Crippen molar-refractivity contribution in [1.82, 2.24) is 15.2 Å². The van der Waals surface area contributed by atoms with Gasteiger partial charge in [-0.05, 0) is 72.4 Å². The van der Waals surface area contributed by atoms with Crippen LogP contribution >= 0.6 is 0 Å². The number of para-hydroxylation sites is 1. The number of aliphatic hydroxyl groups is 1. The standard InChI is InChI=1S/C42H45N5O8/c1-54-38-23-35-27(22-28(38)24-43-25-37(50)32-10-12-36(49)41-33(32)11-13-39(51)45-41)14-21-47(35)40(52)17-20-46-18-15-30(16-19-46)55-42(53)44-34-5-3-2-4-31(34)26-6-8-29(48)9-7-26/h2-13,22-23,30,37,43,48-50H,14-21,24-25H2,1H3,(H,44,53)(H,45,51)/t37-/m0/s1. The molecule has 13 nitrogen and oxygen atoms in total. The number of aromatic amines is 1. The van der Waals surface area contributed by atoms with Gasteiger partial charge < -0.3 is 44.9 Å². The van der Waals surface area contributed by atoms with Gasteiger partial charge in [-0.2, -0.15) is 0 Å². The zero-order valence-electron chi connectivity index (χ0n) is 30.6. The average molecular weight is 748 g/mol. The third kappa shape index (κ3) is 8.59. The normalized spacial score (nSPS) is 15.1. The second-order valence-electron chi connectivity index (χ2n) is 13.9. The van der Waals surface area contributed by atoms with Crippen molar-refractivity contribution < 1.29 is 34.4 Å². The Kier molecular flexibility index (Phi) is 11.3. The number of carbonyl (C=O) groups excluding carboxylic acids is 2. The number of hydrogen-bond donors (Lipinski definition) is 6. The number of piperidine rings is 1. The number of hydrogen-bond acceptors (Lipinski definition) is 10. The van der Waals surface area contributed by atoms with E-state index in [0.29, 0.717) is 74.4 Å². The quantitative estimate of drug-likeness (QED) is 0.0965. The molecule has 55 heavy (non-hydrogen) atoms. The molecule has 7 rings (SSSR count). The monoisotopic (exact) mass is 747 g/mol. The van der Waals surface area contributed by atoms with Crippen molar-refractivity contribution in [3.63, 3.8) is 0 Å². The Hall–Kier alpha value is -5.89. The molecule has 6 N–H and O–H groups in total. The second kappa shape index (κ2) is 16.6. The Bertz CT molecular complexity index is 2230. The van der Waals surface area contributed by atoms with Crippen molar-refractivity contribution >= 4 is 34.3 Å². The van der Waals surface area contributed by atoms with Crippen molar-refractivity contribution in [1.29, 1.82) is 0 Å². The van der Waals surface area contributed by atoms with Crippen LogP contribution in [0.2, 0.25) is 0 Å². The lowest BCUT2D eigenvalue weighted by molar-refractivity contribution is -0.118. The summed E-state index contributed by atoms with van der Waals surface area (Å²) in [4.78, 5) is 44.8. The van der Waals surface area contributed by atoms with Gasteiger partial charge in [0, 0.05) is 74.3 Å². The van der Waals surface area contributed by atoms with Crippen molar-refractivity contribution in [2.24, 2.45) is 0 Å². The van der Waals surface area contributed by atoms with Gasteiger partial charge in [-0.1, -0.05) is 36.4 Å². The molecule has 3 heterocycles. The molecule has 1 aromatic heterocycles. The van der Waals surface area contributed by atoms with E-state index in [1.807, 2.05) is 35.2 Å². The minimum atomic E-state index is -0.896. The number of aromatic hydroxyl groups is 2. The summed E-state index contributed by atoms with van der Waals surface area (Å²) in [5.74, 6) is 0.795. The van der Waals surface area contributed by atoms with Crippen molar-refractivity contribution in [3.8, 4) is 28.4 Å². The van der Waals surface area contributed by atoms with Gasteiger partial charge in [0.1, 0.15) is 23.4 Å². The molecule has 0 radical (unpaired) electrons. The number of pyridine rings is 1. The van der Waals surface area contributed by atoms with Crippen molar-refractivity contribution in [2.75, 3.05) is 50.1 Å². The van der Waals surface area contributed by atoms with Gasteiger partial charge in [0.2, 0.25) is 11.5 Å². The molecule has 1 saturated heterocycles. The Morgan fingerprint density at radius 3 is 2.53 bits per heavy atom. The first-order valence-corrected chi connectivity index (χ1v) is 18.5. The topological polar surface area (TPSA) is 177 Å². The predicted octanol–water partition coefficient (Wildman–Crippen LogP) is 5.43. The molecule has 2 aliphatic heterocycles. The molecule has 5 aromatic rings. The van der Waals surface area contributed by atoms with E-state index < -0.39 is 12.2 Å². The third-order valence-corrected chi connectivity index (χ3v) is 10.4. The number of fused-ring (bicyclic) bond motifs is 2. The van der Waals surface area contributed by atoms with Crippen LogP contribution in [0.4, 0.5) is 16.2 Å². The van der Waals surface area contributed by atoms with E-state index in [2.05, 4.69) is 26.6 Å². The van der Waals surface area contributed by atoms with Crippen LogP contribution in [-0.4, -0.2) is 83.1 Å². The van der Waals surface area contributed by atoms with Crippen molar-refractivity contribution in [2.45, 2.75) is 44.4 Å². The van der Waals surface area contributed by atoms with E-state index in [9.17, 15) is 29.7 Å². The van der Waals surface area contributed by atoms with Crippen LogP contribution < -0.4 is 25.8 Å². The Morgan fingerprint density at radius 1 is 0.964 bits per heavy atom. The maximum absolute atomic E-state index is 13.5. The van der Waals surface area contributed by atoms with Crippen LogP contribution in [0.25, 0.3) is 22.0 Å². The van der Waals surface area contributed by atoms with Gasteiger partial charge in [0.15, 0.2) is 0 Å². The molecule has 1 atom stereocenters. The highest BCUT2D eigenvalue weighted by Gasteiger charge is 2.28. The predicted molar refractivity (Wildman–Crippen MR) is 210 cm³/mol. The van der Waals surface area contributed by atoms with Crippen molar-refractivity contribution in [3.05, 3.63) is 112 Å². The number of H-pyrrole nitrogens is 1. The summed E-state index contributed by atoms with van der Waals surface area (Å²) in [6.07, 6.45) is 0.799. The van der Waals surface area contributed by atoms with E-state index in [4.69, 9.17) is 9.47 Å². The summed E-state index contributed by atoms with van der Waals surface area (Å²) in [5, 5.41) is 37.5. The van der Waals surface area contributed by atoms with E-state index in [-0.39, 0.29) is 41.1 Å². The average Bonchev–Trinajstić information content (AvgIpc) is 3.61. The molecule has 1 fully saturated rings. The highest BCUT2D eigenvalue weighted by atomic mass is 16.6. The summed E-state index contributed by atoms with van der Waals surface area (Å²) in [6, 6.07) is 24.3. The van der Waals surface area contributed by atoms with Crippen LogP contribution in [0.3, 0.4) is 0 Å². The number of likely N-dealkylation sites (tertiary alicyclic amines) is 1. The van der Waals surface area contributed by atoms with Crippen LogP contribution in [0.15, 0.2) is 89.7 Å². The number of carbonyl (C=O) groups is 2. The van der Waals surface area contributed by atoms with E-state index in [1.54, 1.807) is 43.5 Å². The number of aromatic nitrogens is 1. The number of benzene rings is 4. The van der Waals surface area contributed by atoms with Gasteiger partial charge in [0.05, 0.1) is 30.1 Å². The summed E-state index contributed by atoms with van der Waals surface area (Å²) in [5.41, 5.74) is 5.65. The summed E-state index contributed by atoms with van der Waals surface area (Å²) < 4.78 is 11.5. The SMILES string of the molecule is COc1cc2c(cc1CNC[C@H](O)c1ccc(O)c3[nH]c(=O)ccc13)CCN2C(=O)CCN1CCC(OC(=O)Nc2ccccc2-c2ccc(O)cc2)CC1. The molecule has 0 saturated carbocycles. The molecule has 2 aliphatic rings. The maximum Gasteiger partial charge on any atom is 0.411 e. The highest BCUT2D eigenvalue weighted by Crippen LogP contribution is 2.36. The molecule has 0 aliphatic carbocycles. The fourth-order valence-electron chi connectivity index (χ4n) is 7.47. The van der Waals surface area contributed by atoms with Crippen LogP contribution in [0.1, 0.15) is 42.1 Å². The second-order valence-corrected chi connectivity index (χ2v) is 13.9. The number of phenols is 2. The van der Waals surface area contributed by atoms with E-state index in [0.717, 1.165) is 34.4 Å². The number of nitrogens with zero attached hydrogens (tertiary/aromatic N) is 2. The minimum absolute atomic E-state index is 0.0438. The lowest BCUT2D eigenvalue weighted by Crippen LogP contribution is -2.40. The van der Waals surface area contributed by atoms with E-state index in [1.165, 1.54) is 12.1 Å². The molecule has 0 bridgehead atoms. The Balaban J connectivity index is 0.877. The molecular weight excluding hydrogens is 702 g/mol. The number of amides is 2. The smallest absolute Gasteiger partial charge is 0.411 e. The fourth-order valence-corrected chi connectivity index (χ4v) is 7.47. The molecular formula is C42H45N5O8. The summed E-state index contributed by atoms with van der Waals surface area (Å²) >= 11 is 0. The maximum atomic E-state index is 13.5. The summed E-state index contributed by atoms with van der Waals surface area (Å²) in [7, 11) is 1.60. The van der Waals surface area contributed by atoms with Gasteiger partial charge in [-0.3, -0.25) is 14.9 Å². The fraction of sp³-hybridized carbons (Fsp3) is 0.310. The van der Waals surface area contributed by atoms with Crippen LogP contribution in [-0.2, 0) is 22.5 Å². The first kappa shape index (κ1) is 37.4. The molecule has 13 heteroatoms. The van der Waals surface area contributed by atoms with Gasteiger partial charge in [0.25, 0.3) is 0 Å². The number of rotatable bonds is 12. The zero-order chi connectivity index (χ0) is 38.5. The molecule has 4 aromatic carbocycles. The first-order valence-electron chi connectivity index (χ1n) is 18.5. The highest BCUT2D eigenvalue weighted by molar-refractivity contribution is 5.96. The largest absolute Gasteiger partial charge is 0.508 e. The molecule has 0 unspecified atom stereocenters. The molecule has 286 valence electrons. The number of ether oxygens (including phenoxy) is 2. The number of phenolic OH excluding ortho intramolecular Hbond substituents is 2. The Morgan fingerprint density at radius 2 is 1.75 bits per heavy atom. The number of aliphatic hydroxyl groups excluding tert-OH is 1. The van der Waals surface area contributed by atoms with Gasteiger partial charge in [-0.15, -0.1) is 0 Å². The Labute approximate surface area is 318 Å².